The molecule has 21 heavy (non-hydrogen) atoms. The number of aryl methyl sites for hydroxylation is 1. The number of nitriles is 1. The Morgan fingerprint density at radius 3 is 2.57 bits per heavy atom. The van der Waals surface area contributed by atoms with Gasteiger partial charge in [0, 0.05) is 5.69 Å². The molecule has 2 rings (SSSR count). The van der Waals surface area contributed by atoms with Crippen molar-refractivity contribution < 1.29 is 18.0 Å². The molecule has 3 nitrogen and oxygen atoms in total. The SMILES string of the molecule is Cc1ccsc1C(=O)Nc1ccc(C#N)c(C(F)(F)F)c1. The molecule has 1 aromatic heterocycles. The second kappa shape index (κ2) is 5.58. The molecule has 0 radical (unpaired) electrons. The van der Waals surface area contributed by atoms with Gasteiger partial charge in [0.15, 0.2) is 0 Å². The number of carbonyl (C=O) groups excluding carboxylic acids is 1. The Balaban J connectivity index is 2.32. The lowest BCUT2D eigenvalue weighted by Gasteiger charge is -2.11. The molecule has 1 amide bonds. The van der Waals surface area contributed by atoms with Crippen molar-refractivity contribution in [2.75, 3.05) is 5.32 Å². The Labute approximate surface area is 122 Å². The van der Waals surface area contributed by atoms with Gasteiger partial charge in [-0.2, -0.15) is 18.4 Å². The van der Waals surface area contributed by atoms with Gasteiger partial charge < -0.3 is 5.32 Å². The maximum atomic E-state index is 12.8. The second-order valence-corrected chi connectivity index (χ2v) is 5.17. The maximum Gasteiger partial charge on any atom is 0.417 e. The van der Waals surface area contributed by atoms with Crippen molar-refractivity contribution >= 4 is 22.9 Å². The first-order valence-corrected chi connectivity index (χ1v) is 6.67. The van der Waals surface area contributed by atoms with Crippen molar-refractivity contribution in [3.05, 3.63) is 51.2 Å². The van der Waals surface area contributed by atoms with E-state index in [2.05, 4.69) is 5.32 Å². The average Bonchev–Trinajstić information content (AvgIpc) is 2.84. The number of nitrogens with zero attached hydrogens (tertiary/aromatic N) is 1. The van der Waals surface area contributed by atoms with Crippen LogP contribution in [0.25, 0.3) is 0 Å². The van der Waals surface area contributed by atoms with Crippen LogP contribution >= 0.6 is 11.3 Å². The molecule has 2 aromatic rings. The molecule has 7 heteroatoms. The summed E-state index contributed by atoms with van der Waals surface area (Å²) in [6, 6.07) is 6.32. The van der Waals surface area contributed by atoms with E-state index >= 15 is 0 Å². The highest BCUT2D eigenvalue weighted by Gasteiger charge is 2.34. The predicted octanol–water partition coefficient (Wildman–Crippen LogP) is 4.20. The summed E-state index contributed by atoms with van der Waals surface area (Å²) in [5, 5.41) is 12.8. The summed E-state index contributed by atoms with van der Waals surface area (Å²) in [5.41, 5.74) is -0.792. The molecule has 1 N–H and O–H groups in total. The summed E-state index contributed by atoms with van der Waals surface area (Å²) in [6.45, 7) is 1.74. The molecule has 0 aliphatic carbocycles. The number of hydrogen-bond acceptors (Lipinski definition) is 3. The molecule has 0 aliphatic heterocycles. The van der Waals surface area contributed by atoms with Crippen LogP contribution in [0.2, 0.25) is 0 Å². The lowest BCUT2D eigenvalue weighted by molar-refractivity contribution is -0.137. The summed E-state index contributed by atoms with van der Waals surface area (Å²) in [7, 11) is 0. The number of benzene rings is 1. The second-order valence-electron chi connectivity index (χ2n) is 4.26. The zero-order valence-electron chi connectivity index (χ0n) is 10.8. The van der Waals surface area contributed by atoms with Gasteiger partial charge in [-0.3, -0.25) is 4.79 Å². The van der Waals surface area contributed by atoms with E-state index in [1.807, 2.05) is 0 Å². The van der Waals surface area contributed by atoms with Gasteiger partial charge in [-0.05, 0) is 42.1 Å². The van der Waals surface area contributed by atoms with Crippen LogP contribution in [-0.4, -0.2) is 5.91 Å². The number of carbonyl (C=O) groups is 1. The molecule has 0 bridgehead atoms. The third-order valence-corrected chi connectivity index (χ3v) is 3.79. The molecule has 0 saturated heterocycles. The van der Waals surface area contributed by atoms with E-state index in [0.29, 0.717) is 4.88 Å². The van der Waals surface area contributed by atoms with E-state index in [0.717, 1.165) is 17.7 Å². The molecular formula is C14H9F3N2OS. The van der Waals surface area contributed by atoms with Crippen LogP contribution in [0.1, 0.15) is 26.4 Å². The zero-order valence-corrected chi connectivity index (χ0v) is 11.6. The molecule has 0 spiro atoms. The minimum atomic E-state index is -4.65. The lowest BCUT2D eigenvalue weighted by atomic mass is 10.1. The van der Waals surface area contributed by atoms with Crippen molar-refractivity contribution in [3.63, 3.8) is 0 Å². The first-order chi connectivity index (χ1) is 9.82. The van der Waals surface area contributed by atoms with Crippen molar-refractivity contribution in [2.45, 2.75) is 13.1 Å². The van der Waals surface area contributed by atoms with Gasteiger partial charge in [0.25, 0.3) is 5.91 Å². The van der Waals surface area contributed by atoms with E-state index < -0.39 is 23.2 Å². The monoisotopic (exact) mass is 310 g/mol. The maximum absolute atomic E-state index is 12.8. The number of halogens is 3. The third kappa shape index (κ3) is 3.23. The molecule has 0 atom stereocenters. The summed E-state index contributed by atoms with van der Waals surface area (Å²) in [5.74, 6) is -0.472. The van der Waals surface area contributed by atoms with Gasteiger partial charge in [-0.15, -0.1) is 11.3 Å². The minimum Gasteiger partial charge on any atom is -0.321 e. The lowest BCUT2D eigenvalue weighted by Crippen LogP contribution is -2.13. The van der Waals surface area contributed by atoms with Gasteiger partial charge in [-0.1, -0.05) is 0 Å². The largest absolute Gasteiger partial charge is 0.417 e. The van der Waals surface area contributed by atoms with Crippen LogP contribution in [0.4, 0.5) is 18.9 Å². The van der Waals surface area contributed by atoms with E-state index in [1.54, 1.807) is 18.4 Å². The zero-order chi connectivity index (χ0) is 15.6. The standard InChI is InChI=1S/C14H9F3N2OS/c1-8-4-5-21-12(8)13(20)19-10-3-2-9(7-18)11(6-10)14(15,16)17/h2-6H,1H3,(H,19,20). The Morgan fingerprint density at radius 1 is 1.33 bits per heavy atom. The molecule has 0 unspecified atom stereocenters. The molecule has 108 valence electrons. The first-order valence-electron chi connectivity index (χ1n) is 5.79. The summed E-state index contributed by atoms with van der Waals surface area (Å²) in [4.78, 5) is 12.4. The van der Waals surface area contributed by atoms with Crippen LogP contribution in [0.15, 0.2) is 29.6 Å². The van der Waals surface area contributed by atoms with Crippen LogP contribution in [0.3, 0.4) is 0 Å². The highest BCUT2D eigenvalue weighted by molar-refractivity contribution is 7.12. The fraction of sp³-hybridized carbons (Fsp3) is 0.143. The van der Waals surface area contributed by atoms with Crippen molar-refractivity contribution in [1.82, 2.24) is 0 Å². The van der Waals surface area contributed by atoms with Crippen LogP contribution in [0, 0.1) is 18.3 Å². The summed E-state index contributed by atoms with van der Waals surface area (Å²) in [6.07, 6.45) is -4.65. The van der Waals surface area contributed by atoms with Gasteiger partial charge in [-0.25, -0.2) is 0 Å². The number of hydrogen-bond donors (Lipinski definition) is 1. The van der Waals surface area contributed by atoms with E-state index in [9.17, 15) is 18.0 Å². The summed E-state index contributed by atoms with van der Waals surface area (Å²) >= 11 is 1.21. The highest BCUT2D eigenvalue weighted by Crippen LogP contribution is 2.33. The minimum absolute atomic E-state index is 0.000810. The van der Waals surface area contributed by atoms with Crippen LogP contribution < -0.4 is 5.32 Å². The smallest absolute Gasteiger partial charge is 0.321 e. The van der Waals surface area contributed by atoms with Crippen LogP contribution in [-0.2, 0) is 6.18 Å². The number of anilines is 1. The number of rotatable bonds is 2. The van der Waals surface area contributed by atoms with Gasteiger partial charge in [0.05, 0.1) is 22.1 Å². The fourth-order valence-electron chi connectivity index (χ4n) is 1.75. The van der Waals surface area contributed by atoms with Crippen LogP contribution in [0.5, 0.6) is 0 Å². The highest BCUT2D eigenvalue weighted by atomic mass is 32.1. The molecular weight excluding hydrogens is 301 g/mol. The number of amides is 1. The van der Waals surface area contributed by atoms with Gasteiger partial charge in [0.1, 0.15) is 0 Å². The topological polar surface area (TPSA) is 52.9 Å². The van der Waals surface area contributed by atoms with Crippen molar-refractivity contribution in [1.29, 1.82) is 5.26 Å². The molecule has 0 saturated carbocycles. The average molecular weight is 310 g/mol. The Hall–Kier alpha value is -2.33. The van der Waals surface area contributed by atoms with E-state index in [-0.39, 0.29) is 5.69 Å². The first kappa shape index (κ1) is 15.1. The van der Waals surface area contributed by atoms with E-state index in [1.165, 1.54) is 23.5 Å². The third-order valence-electron chi connectivity index (χ3n) is 2.77. The Morgan fingerprint density at radius 2 is 2.05 bits per heavy atom. The molecule has 1 aromatic carbocycles. The van der Waals surface area contributed by atoms with Crippen molar-refractivity contribution in [2.24, 2.45) is 0 Å². The Bertz CT molecular complexity index is 729. The predicted molar refractivity (Wildman–Crippen MR) is 73.2 cm³/mol. The molecule has 0 aliphatic rings. The Kier molecular flexibility index (Phi) is 4.00. The fourth-order valence-corrected chi connectivity index (χ4v) is 2.57. The van der Waals surface area contributed by atoms with E-state index in [4.69, 9.17) is 5.26 Å². The number of nitrogens with one attached hydrogen (secondary N) is 1. The van der Waals surface area contributed by atoms with Crippen molar-refractivity contribution in [3.8, 4) is 6.07 Å². The number of alkyl halides is 3. The molecule has 1 heterocycles. The number of thiophene rings is 1. The quantitative estimate of drug-likeness (QED) is 0.904. The van der Waals surface area contributed by atoms with Gasteiger partial charge >= 0.3 is 6.18 Å². The normalized spacial score (nSPS) is 11.0. The van der Waals surface area contributed by atoms with Gasteiger partial charge in [0.2, 0.25) is 0 Å². The summed E-state index contributed by atoms with van der Waals surface area (Å²) < 4.78 is 38.5. The molecule has 0 fully saturated rings.